The van der Waals surface area contributed by atoms with Crippen LogP contribution in [0.4, 0.5) is 0 Å². The summed E-state index contributed by atoms with van der Waals surface area (Å²) in [5.74, 6) is 3.33. The predicted octanol–water partition coefficient (Wildman–Crippen LogP) is 3.22. The van der Waals surface area contributed by atoms with E-state index in [1.807, 2.05) is 0 Å². The molecule has 2 aliphatic rings. The van der Waals surface area contributed by atoms with Crippen molar-refractivity contribution in [2.75, 3.05) is 0 Å². The molecule has 0 aromatic heterocycles. The van der Waals surface area contributed by atoms with Gasteiger partial charge >= 0.3 is 0 Å². The van der Waals surface area contributed by atoms with Crippen molar-refractivity contribution >= 4 is 0 Å². The van der Waals surface area contributed by atoms with Crippen molar-refractivity contribution in [2.24, 2.45) is 17.8 Å². The van der Waals surface area contributed by atoms with Crippen LogP contribution in [0, 0.1) is 17.8 Å². The molecule has 2 rings (SSSR count). The third-order valence-corrected chi connectivity index (χ3v) is 3.55. The molecular weight excluding hydrogens is 120 g/mol. The monoisotopic (exact) mass is 138 g/mol. The van der Waals surface area contributed by atoms with Crippen LogP contribution in [0.25, 0.3) is 0 Å². The summed E-state index contributed by atoms with van der Waals surface area (Å²) in [6.07, 6.45) is 9.24. The Labute approximate surface area is 64.0 Å². The van der Waals surface area contributed by atoms with Gasteiger partial charge in [-0.25, -0.2) is 0 Å². The second-order valence-electron chi connectivity index (χ2n) is 4.37. The molecule has 58 valence electrons. The average Bonchev–Trinajstić information content (AvgIpc) is 2.33. The van der Waals surface area contributed by atoms with E-state index in [9.17, 15) is 0 Å². The lowest BCUT2D eigenvalue weighted by Gasteiger charge is -2.29. The second kappa shape index (κ2) is 2.56. The van der Waals surface area contributed by atoms with E-state index in [4.69, 9.17) is 0 Å². The van der Waals surface area contributed by atoms with Gasteiger partial charge in [-0.1, -0.05) is 32.6 Å². The van der Waals surface area contributed by atoms with E-state index in [0.29, 0.717) is 0 Å². The molecule has 2 unspecified atom stereocenters. The lowest BCUT2D eigenvalue weighted by atomic mass is 9.77. The minimum absolute atomic E-state index is 1.04. The van der Waals surface area contributed by atoms with Crippen LogP contribution in [0.5, 0.6) is 0 Å². The molecule has 0 aromatic rings. The Morgan fingerprint density at radius 2 is 1.70 bits per heavy atom. The molecule has 0 nitrogen and oxygen atoms in total. The van der Waals surface area contributed by atoms with Crippen LogP contribution in [-0.4, -0.2) is 0 Å². The molecule has 0 bridgehead atoms. The quantitative estimate of drug-likeness (QED) is 0.482. The van der Waals surface area contributed by atoms with Crippen LogP contribution < -0.4 is 0 Å². The van der Waals surface area contributed by atoms with Crippen LogP contribution >= 0.6 is 0 Å². The van der Waals surface area contributed by atoms with Crippen molar-refractivity contribution in [2.45, 2.75) is 45.4 Å². The van der Waals surface area contributed by atoms with E-state index in [1.165, 1.54) is 12.8 Å². The van der Waals surface area contributed by atoms with Crippen LogP contribution in [-0.2, 0) is 0 Å². The molecule has 0 heteroatoms. The first-order chi connectivity index (χ1) is 4.86. The summed E-state index contributed by atoms with van der Waals surface area (Å²) in [6, 6.07) is 0. The number of fused-ring (bicyclic) bond motifs is 1. The van der Waals surface area contributed by atoms with Gasteiger partial charge in [0, 0.05) is 0 Å². The normalized spacial score (nSPS) is 47.1. The molecule has 0 N–H and O–H groups in total. The fraction of sp³-hybridized carbons (Fsp3) is 1.00. The van der Waals surface area contributed by atoms with E-state index >= 15 is 0 Å². The molecule has 0 aliphatic heterocycles. The van der Waals surface area contributed by atoms with Gasteiger partial charge in [0.1, 0.15) is 0 Å². The molecule has 2 aliphatic carbocycles. The van der Waals surface area contributed by atoms with Crippen molar-refractivity contribution < 1.29 is 0 Å². The summed E-state index contributed by atoms with van der Waals surface area (Å²) in [5, 5.41) is 0. The number of hydrogen-bond acceptors (Lipinski definition) is 0. The topological polar surface area (TPSA) is 0 Å². The zero-order valence-corrected chi connectivity index (χ0v) is 6.97. The smallest absolute Gasteiger partial charge is 0.0383 e. The van der Waals surface area contributed by atoms with Crippen LogP contribution in [0.1, 0.15) is 45.4 Å². The van der Waals surface area contributed by atoms with E-state index in [1.54, 1.807) is 25.7 Å². The average molecular weight is 138 g/mol. The first-order valence-corrected chi connectivity index (χ1v) is 4.86. The third-order valence-electron chi connectivity index (χ3n) is 3.55. The van der Waals surface area contributed by atoms with Crippen LogP contribution in [0.3, 0.4) is 0 Å². The summed E-state index contributed by atoms with van der Waals surface area (Å²) in [7, 11) is 0. The highest BCUT2D eigenvalue weighted by molar-refractivity contribution is 4.83. The molecule has 0 saturated heterocycles. The Morgan fingerprint density at radius 3 is 2.60 bits per heavy atom. The first-order valence-electron chi connectivity index (χ1n) is 4.86. The van der Waals surface area contributed by atoms with Crippen molar-refractivity contribution in [3.05, 3.63) is 0 Å². The van der Waals surface area contributed by atoms with Gasteiger partial charge in [-0.3, -0.25) is 0 Å². The van der Waals surface area contributed by atoms with Gasteiger partial charge in [-0.05, 0) is 30.6 Å². The standard InChI is InChI=1S/C10H18/c1-8-5-6-9-3-2-4-10(9)7-8/h8-10H,2-7H2,1H3/t8-,9?,10?/m1/s1. The third kappa shape index (κ3) is 1.09. The van der Waals surface area contributed by atoms with Gasteiger partial charge in [-0.15, -0.1) is 0 Å². The highest BCUT2D eigenvalue weighted by atomic mass is 14.4. The minimum Gasteiger partial charge on any atom is -0.0625 e. The number of hydrogen-bond donors (Lipinski definition) is 0. The highest BCUT2D eigenvalue weighted by Crippen LogP contribution is 2.43. The van der Waals surface area contributed by atoms with E-state index in [-0.39, 0.29) is 0 Å². The summed E-state index contributed by atoms with van der Waals surface area (Å²) in [6.45, 7) is 2.43. The molecular formula is C10H18. The second-order valence-corrected chi connectivity index (χ2v) is 4.37. The van der Waals surface area contributed by atoms with Gasteiger partial charge in [0.2, 0.25) is 0 Å². The van der Waals surface area contributed by atoms with Crippen LogP contribution in [0.15, 0.2) is 0 Å². The van der Waals surface area contributed by atoms with Crippen molar-refractivity contribution in [3.63, 3.8) is 0 Å². The summed E-state index contributed by atoms with van der Waals surface area (Å²) >= 11 is 0. The minimum atomic E-state index is 1.04. The molecule has 2 saturated carbocycles. The molecule has 0 spiro atoms. The summed E-state index contributed by atoms with van der Waals surface area (Å²) in [5.41, 5.74) is 0. The Hall–Kier alpha value is 0. The zero-order chi connectivity index (χ0) is 6.97. The Kier molecular flexibility index (Phi) is 1.71. The maximum Gasteiger partial charge on any atom is -0.0383 e. The van der Waals surface area contributed by atoms with Crippen LogP contribution in [0.2, 0.25) is 0 Å². The largest absolute Gasteiger partial charge is 0.0625 e. The lowest BCUT2D eigenvalue weighted by Crippen LogP contribution is -2.18. The molecule has 3 atom stereocenters. The summed E-state index contributed by atoms with van der Waals surface area (Å²) < 4.78 is 0. The van der Waals surface area contributed by atoms with Crippen molar-refractivity contribution in [3.8, 4) is 0 Å². The fourth-order valence-electron chi connectivity index (χ4n) is 2.94. The lowest BCUT2D eigenvalue weighted by molar-refractivity contribution is 0.220. The highest BCUT2D eigenvalue weighted by Gasteiger charge is 2.31. The number of rotatable bonds is 0. The van der Waals surface area contributed by atoms with E-state index in [0.717, 1.165) is 17.8 Å². The van der Waals surface area contributed by atoms with Crippen molar-refractivity contribution in [1.82, 2.24) is 0 Å². The van der Waals surface area contributed by atoms with E-state index in [2.05, 4.69) is 6.92 Å². The Balaban J connectivity index is 1.96. The first kappa shape index (κ1) is 6.69. The van der Waals surface area contributed by atoms with Crippen molar-refractivity contribution in [1.29, 1.82) is 0 Å². The van der Waals surface area contributed by atoms with E-state index < -0.39 is 0 Å². The SMILES string of the molecule is C[C@@H]1CCC2CCCC2C1. The Morgan fingerprint density at radius 1 is 0.900 bits per heavy atom. The maximum absolute atomic E-state index is 2.43. The van der Waals surface area contributed by atoms with Gasteiger partial charge in [-0.2, -0.15) is 0 Å². The molecule has 0 heterocycles. The molecule has 0 aromatic carbocycles. The Bertz CT molecular complexity index is 117. The molecule has 0 amide bonds. The molecule has 10 heavy (non-hydrogen) atoms. The van der Waals surface area contributed by atoms with Gasteiger partial charge < -0.3 is 0 Å². The molecule has 2 fully saturated rings. The predicted molar refractivity (Wildman–Crippen MR) is 43.8 cm³/mol. The fourth-order valence-corrected chi connectivity index (χ4v) is 2.94. The summed E-state index contributed by atoms with van der Waals surface area (Å²) in [4.78, 5) is 0. The zero-order valence-electron chi connectivity index (χ0n) is 6.97. The van der Waals surface area contributed by atoms with Gasteiger partial charge in [0.25, 0.3) is 0 Å². The molecule has 0 radical (unpaired) electrons. The van der Waals surface area contributed by atoms with Gasteiger partial charge in [0.15, 0.2) is 0 Å². The maximum atomic E-state index is 2.43. The van der Waals surface area contributed by atoms with Gasteiger partial charge in [0.05, 0.1) is 0 Å².